The molecule has 1 rings (SSSR count). The van der Waals surface area contributed by atoms with Crippen molar-refractivity contribution in [3.8, 4) is 0 Å². The zero-order valence-corrected chi connectivity index (χ0v) is 6.03. The third kappa shape index (κ3) is 1.60. The minimum Gasteiger partial charge on any atom is -0.289 e. The Morgan fingerprint density at radius 2 is 2.33 bits per heavy atom. The van der Waals surface area contributed by atoms with Crippen LogP contribution in [0.15, 0.2) is 23.6 Å². The molecule has 2 N–H and O–H groups in total. The molecule has 0 bridgehead atoms. The van der Waals surface area contributed by atoms with Crippen molar-refractivity contribution in [2.24, 2.45) is 5.22 Å². The summed E-state index contributed by atoms with van der Waals surface area (Å²) in [5, 5.41) is 10.8. The van der Waals surface area contributed by atoms with Crippen LogP contribution in [-0.4, -0.2) is 11.3 Å². The highest BCUT2D eigenvalue weighted by Gasteiger charge is 2.00. The van der Waals surface area contributed by atoms with E-state index in [1.807, 2.05) is 0 Å². The lowest BCUT2D eigenvalue weighted by Crippen LogP contribution is -2.11. The molecule has 0 radical (unpaired) electrons. The summed E-state index contributed by atoms with van der Waals surface area (Å²) in [4.78, 5) is 3.34. The van der Waals surface area contributed by atoms with E-state index in [4.69, 9.17) is 10.9 Å². The van der Waals surface area contributed by atoms with E-state index in [1.165, 1.54) is 12.3 Å². The Bertz CT molecular complexity index is 274. The average Bonchev–Trinajstić information content (AvgIpc) is 2.10. The molecule has 1 heterocycles. The molecule has 0 amide bonds. The number of rotatable bonds is 3. The highest BCUT2D eigenvalue weighted by atomic mass is 19.1. The van der Waals surface area contributed by atoms with Gasteiger partial charge in [-0.1, -0.05) is 5.22 Å². The molecule has 62 valence electrons. The van der Waals surface area contributed by atoms with Crippen LogP contribution in [0.2, 0.25) is 0 Å². The van der Waals surface area contributed by atoms with Crippen LogP contribution in [0.25, 0.3) is 0 Å². The first kappa shape index (κ1) is 8.25. The van der Waals surface area contributed by atoms with E-state index in [-0.39, 0.29) is 0 Å². The van der Waals surface area contributed by atoms with Crippen LogP contribution in [0.5, 0.6) is 0 Å². The van der Waals surface area contributed by atoms with Crippen LogP contribution in [-0.2, 0) is 0 Å². The number of aromatic nitrogens is 1. The Morgan fingerprint density at radius 1 is 1.58 bits per heavy atom. The molecule has 0 saturated heterocycles. The first-order valence-electron chi connectivity index (χ1n) is 3.06. The number of nitrogens with one attached hydrogen (secondary N) is 2. The maximum atomic E-state index is 12.3. The normalized spacial score (nSPS) is 9.08. The number of halogens is 1. The highest BCUT2D eigenvalue weighted by Crippen LogP contribution is 2.10. The van der Waals surface area contributed by atoms with Gasteiger partial charge in [0.25, 0.3) is 0 Å². The fraction of sp³-hybridized carbons (Fsp3) is 0. The summed E-state index contributed by atoms with van der Waals surface area (Å²) < 4.78 is 12.3. The molecule has 12 heavy (non-hydrogen) atoms. The number of pyridine rings is 1. The molecule has 0 spiro atoms. The molecule has 1 aromatic rings. The van der Waals surface area contributed by atoms with Gasteiger partial charge in [-0.3, -0.25) is 5.41 Å². The van der Waals surface area contributed by atoms with Gasteiger partial charge in [0, 0.05) is 0 Å². The molecule has 5 nitrogen and oxygen atoms in total. The van der Waals surface area contributed by atoms with Crippen molar-refractivity contribution in [2.45, 2.75) is 0 Å². The van der Waals surface area contributed by atoms with E-state index in [1.54, 1.807) is 0 Å². The van der Waals surface area contributed by atoms with Crippen molar-refractivity contribution in [2.75, 3.05) is 5.01 Å². The summed E-state index contributed by atoms with van der Waals surface area (Å²) in [6, 6.07) is 2.52. The molecule has 0 aliphatic rings. The van der Waals surface area contributed by atoms with Crippen LogP contribution in [0.4, 0.5) is 10.1 Å². The van der Waals surface area contributed by atoms with Gasteiger partial charge in [-0.15, -0.1) is 0 Å². The molecular formula is C6H6FN5. The molecule has 1 aromatic heterocycles. The van der Waals surface area contributed by atoms with Crippen molar-refractivity contribution in [3.05, 3.63) is 24.3 Å². The summed E-state index contributed by atoms with van der Waals surface area (Å²) in [7, 11) is 0. The second kappa shape index (κ2) is 3.51. The van der Waals surface area contributed by atoms with Gasteiger partial charge in [-0.05, 0) is 12.1 Å². The zero-order chi connectivity index (χ0) is 8.97. The third-order valence-electron chi connectivity index (χ3n) is 1.21. The predicted octanol–water partition coefficient (Wildman–Crippen LogP) is 1.58. The summed E-state index contributed by atoms with van der Waals surface area (Å²) >= 11 is 0. The molecular weight excluding hydrogens is 161 g/mol. The minimum absolute atomic E-state index is 0.376. The lowest BCUT2D eigenvalue weighted by molar-refractivity contribution is 0.583. The molecule has 0 unspecified atom stereocenters. The quantitative estimate of drug-likeness (QED) is 0.236. The van der Waals surface area contributed by atoms with Gasteiger partial charge in [0.1, 0.15) is 6.34 Å². The van der Waals surface area contributed by atoms with Crippen LogP contribution in [0.3, 0.4) is 0 Å². The van der Waals surface area contributed by atoms with Gasteiger partial charge in [0.05, 0.1) is 11.9 Å². The molecule has 0 aliphatic heterocycles. The monoisotopic (exact) mass is 167 g/mol. The number of nitrogens with zero attached hydrogens (tertiary/aromatic N) is 3. The standard InChI is InChI=1S/C6H6FN5/c7-6-2-1-5(3-10-6)12(4-8)11-9/h1-4,8-9H. The van der Waals surface area contributed by atoms with Crippen LogP contribution < -0.4 is 5.01 Å². The average molecular weight is 167 g/mol. The van der Waals surface area contributed by atoms with Crippen molar-refractivity contribution < 1.29 is 4.39 Å². The van der Waals surface area contributed by atoms with Gasteiger partial charge < -0.3 is 0 Å². The van der Waals surface area contributed by atoms with Crippen molar-refractivity contribution in [3.63, 3.8) is 0 Å². The van der Waals surface area contributed by atoms with Gasteiger partial charge in [0.2, 0.25) is 5.95 Å². The predicted molar refractivity (Wildman–Crippen MR) is 40.6 cm³/mol. The van der Waals surface area contributed by atoms with Gasteiger partial charge >= 0.3 is 0 Å². The van der Waals surface area contributed by atoms with Crippen LogP contribution in [0, 0.1) is 16.9 Å². The van der Waals surface area contributed by atoms with E-state index < -0.39 is 5.95 Å². The Balaban J connectivity index is 2.94. The third-order valence-corrected chi connectivity index (χ3v) is 1.21. The summed E-state index contributed by atoms with van der Waals surface area (Å²) in [6.07, 6.45) is 2.03. The molecule has 0 aromatic carbocycles. The van der Waals surface area contributed by atoms with Crippen LogP contribution in [0.1, 0.15) is 0 Å². The van der Waals surface area contributed by atoms with Crippen LogP contribution >= 0.6 is 0 Å². The van der Waals surface area contributed by atoms with E-state index in [9.17, 15) is 4.39 Å². The minimum atomic E-state index is -0.603. The Morgan fingerprint density at radius 3 is 2.75 bits per heavy atom. The molecule has 0 fully saturated rings. The topological polar surface area (TPSA) is 76.2 Å². The molecule has 0 saturated carbocycles. The lowest BCUT2D eigenvalue weighted by atomic mass is 10.4. The second-order valence-corrected chi connectivity index (χ2v) is 1.91. The maximum absolute atomic E-state index is 12.3. The SMILES string of the molecule is N=CN(N=N)c1ccc(F)nc1. The van der Waals surface area contributed by atoms with Gasteiger partial charge in [0.15, 0.2) is 0 Å². The van der Waals surface area contributed by atoms with E-state index in [0.29, 0.717) is 5.69 Å². The Hall–Kier alpha value is -1.85. The van der Waals surface area contributed by atoms with Crippen molar-refractivity contribution >= 4 is 12.0 Å². The zero-order valence-electron chi connectivity index (χ0n) is 6.03. The van der Waals surface area contributed by atoms with Crippen molar-refractivity contribution in [1.82, 2.24) is 4.98 Å². The fourth-order valence-corrected chi connectivity index (χ4v) is 0.665. The lowest BCUT2D eigenvalue weighted by Gasteiger charge is -2.07. The summed E-state index contributed by atoms with van der Waals surface area (Å²) in [6.45, 7) is 0. The highest BCUT2D eigenvalue weighted by molar-refractivity contribution is 5.74. The number of hydrogen-bond donors (Lipinski definition) is 2. The molecule has 0 aliphatic carbocycles. The first-order chi connectivity index (χ1) is 5.77. The fourth-order valence-electron chi connectivity index (χ4n) is 0.665. The van der Waals surface area contributed by atoms with E-state index in [2.05, 4.69) is 10.2 Å². The molecule has 0 atom stereocenters. The summed E-state index contributed by atoms with van der Waals surface area (Å²) in [5.74, 6) is -0.603. The number of anilines is 1. The smallest absolute Gasteiger partial charge is 0.212 e. The van der Waals surface area contributed by atoms with Crippen molar-refractivity contribution in [1.29, 1.82) is 10.9 Å². The Labute approximate surface area is 67.8 Å². The van der Waals surface area contributed by atoms with Gasteiger partial charge in [-0.25, -0.2) is 9.99 Å². The second-order valence-electron chi connectivity index (χ2n) is 1.91. The first-order valence-corrected chi connectivity index (χ1v) is 3.06. The number of hydrogen-bond acceptors (Lipinski definition) is 4. The largest absolute Gasteiger partial charge is 0.289 e. The van der Waals surface area contributed by atoms with Gasteiger partial charge in [-0.2, -0.15) is 9.92 Å². The Kier molecular flexibility index (Phi) is 2.42. The van der Waals surface area contributed by atoms with E-state index >= 15 is 0 Å². The van der Waals surface area contributed by atoms with E-state index in [0.717, 1.165) is 17.4 Å². The molecule has 6 heteroatoms. The summed E-state index contributed by atoms with van der Waals surface area (Å²) in [5.41, 5.74) is 7.01. The maximum Gasteiger partial charge on any atom is 0.212 e.